The Balaban J connectivity index is 2.21. The zero-order valence-corrected chi connectivity index (χ0v) is 11.6. The number of hydrogen-bond donors (Lipinski definition) is 4. The van der Waals surface area contributed by atoms with Gasteiger partial charge in [0.15, 0.2) is 0 Å². The van der Waals surface area contributed by atoms with Crippen molar-refractivity contribution >= 4 is 5.69 Å². The predicted molar refractivity (Wildman–Crippen MR) is 72.2 cm³/mol. The molecule has 0 spiro atoms. The molecule has 1 aromatic rings. The van der Waals surface area contributed by atoms with Gasteiger partial charge < -0.3 is 29.9 Å². The Hall–Kier alpha value is -2.29. The molecular formula is C13H14N2O8. The molecule has 1 aliphatic rings. The van der Waals surface area contributed by atoms with Crippen LogP contribution in [0.3, 0.4) is 0 Å². The molecule has 0 aliphatic carbocycles. The molecule has 5 atom stereocenters. The Morgan fingerprint density at radius 1 is 1.30 bits per heavy atom. The van der Waals surface area contributed by atoms with Crippen molar-refractivity contribution in [1.29, 1.82) is 5.26 Å². The van der Waals surface area contributed by atoms with E-state index < -0.39 is 47.9 Å². The largest absolute Gasteiger partial charge is 0.462 e. The van der Waals surface area contributed by atoms with Crippen molar-refractivity contribution in [2.75, 3.05) is 6.61 Å². The van der Waals surface area contributed by atoms with Crippen molar-refractivity contribution in [3.63, 3.8) is 0 Å². The molecule has 1 saturated heterocycles. The lowest BCUT2D eigenvalue weighted by molar-refractivity contribution is -0.385. The molecule has 0 amide bonds. The first-order chi connectivity index (χ1) is 10.9. The van der Waals surface area contributed by atoms with E-state index >= 15 is 0 Å². The molecule has 3 unspecified atom stereocenters. The van der Waals surface area contributed by atoms with Gasteiger partial charge in [0, 0.05) is 12.1 Å². The molecule has 10 heteroatoms. The molecule has 1 aromatic carbocycles. The van der Waals surface area contributed by atoms with Gasteiger partial charge in [0.05, 0.1) is 11.5 Å². The first-order valence-electron chi connectivity index (χ1n) is 6.54. The van der Waals surface area contributed by atoms with Crippen LogP contribution in [0.25, 0.3) is 0 Å². The summed E-state index contributed by atoms with van der Waals surface area (Å²) in [4.78, 5) is 10.0. The van der Waals surface area contributed by atoms with Crippen molar-refractivity contribution in [2.24, 2.45) is 0 Å². The zero-order chi connectivity index (χ0) is 17.1. The van der Waals surface area contributed by atoms with E-state index in [0.717, 1.165) is 12.1 Å². The highest BCUT2D eigenvalue weighted by molar-refractivity contribution is 5.52. The van der Waals surface area contributed by atoms with E-state index in [-0.39, 0.29) is 11.3 Å². The van der Waals surface area contributed by atoms with Crippen LogP contribution in [0.15, 0.2) is 18.2 Å². The minimum atomic E-state index is -1.62. The molecule has 1 fully saturated rings. The fraction of sp³-hybridized carbons (Fsp3) is 0.462. The van der Waals surface area contributed by atoms with E-state index in [0.29, 0.717) is 0 Å². The fourth-order valence-corrected chi connectivity index (χ4v) is 2.14. The summed E-state index contributed by atoms with van der Waals surface area (Å²) in [5.74, 6) is -0.0171. The van der Waals surface area contributed by atoms with Crippen LogP contribution in [0.5, 0.6) is 5.75 Å². The lowest BCUT2D eigenvalue weighted by atomic mass is 9.99. The second-order valence-electron chi connectivity index (χ2n) is 4.86. The van der Waals surface area contributed by atoms with E-state index in [1.165, 1.54) is 6.07 Å². The molecule has 1 aliphatic heterocycles. The molecule has 4 N–H and O–H groups in total. The van der Waals surface area contributed by atoms with E-state index in [1.54, 1.807) is 6.07 Å². The summed E-state index contributed by atoms with van der Waals surface area (Å²) in [5, 5.41) is 57.9. The molecule has 10 nitrogen and oxygen atoms in total. The summed E-state index contributed by atoms with van der Waals surface area (Å²) >= 11 is 0. The van der Waals surface area contributed by atoms with E-state index in [2.05, 4.69) is 0 Å². The molecule has 1 heterocycles. The summed E-state index contributed by atoms with van der Waals surface area (Å²) in [6.45, 7) is -0.617. The zero-order valence-electron chi connectivity index (χ0n) is 11.6. The predicted octanol–water partition coefficient (Wildman–Crippen LogP) is -1.35. The van der Waals surface area contributed by atoms with E-state index in [9.17, 15) is 25.4 Å². The third kappa shape index (κ3) is 3.39. The first-order valence-corrected chi connectivity index (χ1v) is 6.54. The minimum absolute atomic E-state index is 0.0171. The van der Waals surface area contributed by atoms with Gasteiger partial charge in [0.1, 0.15) is 41.8 Å². The Labute approximate surface area is 129 Å². The number of ether oxygens (including phenoxy) is 2. The maximum atomic E-state index is 10.8. The van der Waals surface area contributed by atoms with E-state index in [4.69, 9.17) is 19.8 Å². The highest BCUT2D eigenvalue weighted by Crippen LogP contribution is 2.27. The van der Waals surface area contributed by atoms with Crippen molar-refractivity contribution in [2.45, 2.75) is 30.7 Å². The number of aliphatic hydroxyl groups is 4. The van der Waals surface area contributed by atoms with Crippen LogP contribution in [0.2, 0.25) is 0 Å². The van der Waals surface area contributed by atoms with Crippen LogP contribution in [-0.2, 0) is 4.74 Å². The number of aliphatic hydroxyl groups excluding tert-OH is 4. The quantitative estimate of drug-likeness (QED) is 0.386. The molecule has 0 aromatic heterocycles. The number of nitro groups is 1. The molecule has 2 rings (SSSR count). The first kappa shape index (κ1) is 17.1. The van der Waals surface area contributed by atoms with Gasteiger partial charge in [-0.2, -0.15) is 5.26 Å². The van der Waals surface area contributed by atoms with Crippen molar-refractivity contribution in [3.8, 4) is 11.8 Å². The van der Waals surface area contributed by atoms with Crippen LogP contribution >= 0.6 is 0 Å². The molecule has 0 saturated carbocycles. The molecule has 23 heavy (non-hydrogen) atoms. The highest BCUT2D eigenvalue weighted by atomic mass is 16.7. The number of hydrogen-bond acceptors (Lipinski definition) is 9. The van der Waals surface area contributed by atoms with Gasteiger partial charge in [-0.15, -0.1) is 0 Å². The number of nitrogens with zero attached hydrogens (tertiary/aromatic N) is 2. The monoisotopic (exact) mass is 326 g/mol. The second-order valence-corrected chi connectivity index (χ2v) is 4.86. The van der Waals surface area contributed by atoms with Crippen LogP contribution in [0.1, 0.15) is 5.56 Å². The van der Waals surface area contributed by atoms with Gasteiger partial charge in [-0.25, -0.2) is 0 Å². The molecule has 124 valence electrons. The fourth-order valence-electron chi connectivity index (χ4n) is 2.14. The van der Waals surface area contributed by atoms with Crippen LogP contribution in [0.4, 0.5) is 5.69 Å². The number of benzene rings is 1. The van der Waals surface area contributed by atoms with Gasteiger partial charge in [0.25, 0.3) is 5.69 Å². The average molecular weight is 326 g/mol. The SMILES string of the molecule is N#Cc1cc(O[C@@H]2OC(CO)C(O)[C@@H](O)C2O)ccc1[N+](=O)[O-]. The van der Waals surface area contributed by atoms with Crippen LogP contribution in [-0.4, -0.2) is 62.7 Å². The summed E-state index contributed by atoms with van der Waals surface area (Å²) in [5.41, 5.74) is -0.661. The highest BCUT2D eigenvalue weighted by Gasteiger charge is 2.44. The Morgan fingerprint density at radius 3 is 2.57 bits per heavy atom. The normalized spacial score (nSPS) is 30.5. The number of nitro benzene ring substituents is 1. The summed E-state index contributed by atoms with van der Waals surface area (Å²) in [7, 11) is 0. The van der Waals surface area contributed by atoms with Gasteiger partial charge in [-0.1, -0.05) is 0 Å². The van der Waals surface area contributed by atoms with Crippen molar-refractivity contribution < 1.29 is 34.8 Å². The topological polar surface area (TPSA) is 166 Å². The van der Waals surface area contributed by atoms with Crippen molar-refractivity contribution in [1.82, 2.24) is 0 Å². The van der Waals surface area contributed by atoms with E-state index in [1.807, 2.05) is 0 Å². The Kier molecular flexibility index (Phi) is 5.09. The van der Waals surface area contributed by atoms with Gasteiger partial charge >= 0.3 is 0 Å². The molecule has 0 bridgehead atoms. The maximum Gasteiger partial charge on any atom is 0.287 e. The third-order valence-corrected chi connectivity index (χ3v) is 3.39. The van der Waals surface area contributed by atoms with Crippen LogP contribution in [0, 0.1) is 21.4 Å². The average Bonchev–Trinajstić information content (AvgIpc) is 2.54. The molecular weight excluding hydrogens is 312 g/mol. The summed E-state index contributed by atoms with van der Waals surface area (Å²) in [6.07, 6.45) is -7.33. The number of rotatable bonds is 4. The third-order valence-electron chi connectivity index (χ3n) is 3.39. The lowest BCUT2D eigenvalue weighted by Gasteiger charge is -2.39. The van der Waals surface area contributed by atoms with Gasteiger partial charge in [-0.05, 0) is 6.07 Å². The van der Waals surface area contributed by atoms with Crippen LogP contribution < -0.4 is 4.74 Å². The Morgan fingerprint density at radius 2 is 2.00 bits per heavy atom. The Bertz CT molecular complexity index is 629. The van der Waals surface area contributed by atoms with Crippen molar-refractivity contribution in [3.05, 3.63) is 33.9 Å². The minimum Gasteiger partial charge on any atom is -0.462 e. The second kappa shape index (κ2) is 6.86. The summed E-state index contributed by atoms with van der Waals surface area (Å²) < 4.78 is 10.4. The molecule has 0 radical (unpaired) electrons. The maximum absolute atomic E-state index is 10.8. The summed E-state index contributed by atoms with van der Waals surface area (Å²) in [6, 6.07) is 4.98. The standard InChI is InChI=1S/C13H14N2O8/c14-4-6-3-7(1-2-8(6)15(20)21)22-13-12(19)11(18)10(17)9(5-16)23-13/h1-3,9-13,16-19H,5H2/t9?,10?,11-,12?,13-/m1/s1. The van der Waals surface area contributed by atoms with Gasteiger partial charge in [0.2, 0.25) is 6.29 Å². The number of nitriles is 1. The smallest absolute Gasteiger partial charge is 0.287 e. The van der Waals surface area contributed by atoms with Gasteiger partial charge in [-0.3, -0.25) is 10.1 Å². The lowest BCUT2D eigenvalue weighted by Crippen LogP contribution is -2.60.